The maximum atomic E-state index is 10.1. The molecular weight excluding hydrogens is 286 g/mol. The van der Waals surface area contributed by atoms with E-state index in [-0.39, 0.29) is 11.8 Å². The molecule has 3 aromatic carbocycles. The molecule has 0 amide bonds. The Morgan fingerprint density at radius 3 is 1.57 bits per heavy atom. The quantitative estimate of drug-likeness (QED) is 0.720. The van der Waals surface area contributed by atoms with Gasteiger partial charge in [0.2, 0.25) is 0 Å². The number of phenolic OH excluding ortho intramolecular Hbond substituents is 1. The standard InChI is InChI=1S/C13H13N.C7H6O2/c14-13(11-7-3-1-4-8-11)12-9-5-2-6-10-12;8-5-6-3-1-2-4-7(6)9/h1-10,13H,14H2;1-5,9H. The van der Waals surface area contributed by atoms with Gasteiger partial charge in [0.25, 0.3) is 0 Å². The number of benzene rings is 3. The van der Waals surface area contributed by atoms with E-state index in [4.69, 9.17) is 10.8 Å². The summed E-state index contributed by atoms with van der Waals surface area (Å²) in [6.07, 6.45) is 0.620. The topological polar surface area (TPSA) is 63.3 Å². The normalized spacial score (nSPS) is 9.83. The van der Waals surface area contributed by atoms with E-state index in [1.807, 2.05) is 36.4 Å². The van der Waals surface area contributed by atoms with Crippen LogP contribution in [0.3, 0.4) is 0 Å². The average molecular weight is 305 g/mol. The highest BCUT2D eigenvalue weighted by atomic mass is 16.3. The second-order valence-electron chi connectivity index (χ2n) is 4.98. The van der Waals surface area contributed by atoms with Gasteiger partial charge in [-0.05, 0) is 23.3 Å². The number of aromatic hydroxyl groups is 1. The first-order valence-corrected chi connectivity index (χ1v) is 7.31. The Bertz CT molecular complexity index is 687. The molecule has 116 valence electrons. The molecule has 0 aliphatic rings. The van der Waals surface area contributed by atoms with Crippen molar-refractivity contribution in [2.75, 3.05) is 0 Å². The number of aldehydes is 1. The van der Waals surface area contributed by atoms with Crippen LogP contribution in [0.5, 0.6) is 5.75 Å². The second-order valence-corrected chi connectivity index (χ2v) is 4.98. The van der Waals surface area contributed by atoms with E-state index >= 15 is 0 Å². The van der Waals surface area contributed by atoms with Gasteiger partial charge >= 0.3 is 0 Å². The molecule has 3 rings (SSSR count). The van der Waals surface area contributed by atoms with Crippen LogP contribution in [-0.4, -0.2) is 11.4 Å². The molecule has 0 unspecified atom stereocenters. The van der Waals surface area contributed by atoms with Crippen molar-refractivity contribution in [3.05, 3.63) is 102 Å². The summed E-state index contributed by atoms with van der Waals surface area (Å²) in [6, 6.07) is 26.6. The zero-order chi connectivity index (χ0) is 16.5. The number of para-hydroxylation sites is 1. The van der Waals surface area contributed by atoms with Crippen molar-refractivity contribution < 1.29 is 9.90 Å². The molecule has 3 nitrogen and oxygen atoms in total. The summed E-state index contributed by atoms with van der Waals surface area (Å²) < 4.78 is 0. The van der Waals surface area contributed by atoms with Crippen LogP contribution in [-0.2, 0) is 0 Å². The molecule has 23 heavy (non-hydrogen) atoms. The number of carbonyl (C=O) groups is 1. The Morgan fingerprint density at radius 2 is 1.17 bits per heavy atom. The van der Waals surface area contributed by atoms with Crippen LogP contribution in [0, 0.1) is 0 Å². The molecule has 0 aliphatic carbocycles. The van der Waals surface area contributed by atoms with Gasteiger partial charge in [0.05, 0.1) is 11.6 Å². The largest absolute Gasteiger partial charge is 0.507 e. The summed E-state index contributed by atoms with van der Waals surface area (Å²) in [6.45, 7) is 0. The molecule has 0 saturated carbocycles. The maximum absolute atomic E-state index is 10.1. The van der Waals surface area contributed by atoms with E-state index in [2.05, 4.69) is 24.3 Å². The minimum atomic E-state index is -0.0163. The summed E-state index contributed by atoms with van der Waals surface area (Å²) in [7, 11) is 0. The molecule has 0 fully saturated rings. The van der Waals surface area contributed by atoms with Gasteiger partial charge in [-0.15, -0.1) is 0 Å². The highest BCUT2D eigenvalue weighted by Gasteiger charge is 2.06. The lowest BCUT2D eigenvalue weighted by molar-refractivity contribution is 0.112. The van der Waals surface area contributed by atoms with Crippen LogP contribution < -0.4 is 5.73 Å². The fourth-order valence-electron chi connectivity index (χ4n) is 2.10. The fourth-order valence-corrected chi connectivity index (χ4v) is 2.10. The van der Waals surface area contributed by atoms with E-state index in [9.17, 15) is 4.79 Å². The van der Waals surface area contributed by atoms with Crippen LogP contribution in [0.15, 0.2) is 84.9 Å². The number of rotatable bonds is 3. The van der Waals surface area contributed by atoms with E-state index < -0.39 is 0 Å². The summed E-state index contributed by atoms with van der Waals surface area (Å²) in [4.78, 5) is 10.1. The van der Waals surface area contributed by atoms with Gasteiger partial charge in [-0.3, -0.25) is 4.79 Å². The first-order chi connectivity index (χ1) is 11.2. The van der Waals surface area contributed by atoms with Gasteiger partial charge in [-0.1, -0.05) is 72.8 Å². The number of carbonyl (C=O) groups excluding carboxylic acids is 1. The number of phenols is 1. The fraction of sp³-hybridized carbons (Fsp3) is 0.0500. The molecule has 0 heterocycles. The van der Waals surface area contributed by atoms with E-state index in [1.54, 1.807) is 18.2 Å². The van der Waals surface area contributed by atoms with Crippen molar-refractivity contribution in [1.29, 1.82) is 0 Å². The number of hydrogen-bond acceptors (Lipinski definition) is 3. The van der Waals surface area contributed by atoms with Crippen LogP contribution in [0.25, 0.3) is 0 Å². The lowest BCUT2D eigenvalue weighted by Gasteiger charge is -2.11. The Kier molecular flexibility index (Phi) is 6.09. The van der Waals surface area contributed by atoms with Gasteiger partial charge < -0.3 is 10.8 Å². The van der Waals surface area contributed by atoms with Gasteiger partial charge in [-0.2, -0.15) is 0 Å². The molecule has 0 bridgehead atoms. The second kappa shape index (κ2) is 8.51. The molecular formula is C20H19NO2. The molecule has 0 aliphatic heterocycles. The third-order valence-electron chi connectivity index (χ3n) is 3.38. The number of hydrogen-bond donors (Lipinski definition) is 2. The molecule has 0 radical (unpaired) electrons. The number of nitrogens with two attached hydrogens (primary N) is 1. The third kappa shape index (κ3) is 4.80. The van der Waals surface area contributed by atoms with Crippen molar-refractivity contribution in [2.24, 2.45) is 5.73 Å². The van der Waals surface area contributed by atoms with Crippen molar-refractivity contribution in [1.82, 2.24) is 0 Å². The molecule has 0 spiro atoms. The molecule has 3 N–H and O–H groups in total. The first kappa shape index (κ1) is 16.5. The molecule has 3 aromatic rings. The molecule has 0 atom stereocenters. The lowest BCUT2D eigenvalue weighted by atomic mass is 10.00. The predicted molar refractivity (Wildman–Crippen MR) is 92.4 cm³/mol. The SMILES string of the molecule is NC(c1ccccc1)c1ccccc1.O=Cc1ccccc1O. The predicted octanol–water partition coefficient (Wildman–Crippen LogP) is 3.94. The highest BCUT2D eigenvalue weighted by molar-refractivity contribution is 5.78. The van der Waals surface area contributed by atoms with Crippen molar-refractivity contribution in [2.45, 2.75) is 6.04 Å². The Morgan fingerprint density at radius 1 is 0.739 bits per heavy atom. The monoisotopic (exact) mass is 305 g/mol. The van der Waals surface area contributed by atoms with E-state index in [1.165, 1.54) is 6.07 Å². The summed E-state index contributed by atoms with van der Waals surface area (Å²) in [5.41, 5.74) is 8.75. The summed E-state index contributed by atoms with van der Waals surface area (Å²) in [5, 5.41) is 8.88. The maximum Gasteiger partial charge on any atom is 0.153 e. The zero-order valence-corrected chi connectivity index (χ0v) is 12.7. The van der Waals surface area contributed by atoms with Crippen molar-refractivity contribution in [3.63, 3.8) is 0 Å². The van der Waals surface area contributed by atoms with E-state index in [0.717, 1.165) is 11.1 Å². The van der Waals surface area contributed by atoms with Gasteiger partial charge in [-0.25, -0.2) is 0 Å². The van der Waals surface area contributed by atoms with E-state index in [0.29, 0.717) is 11.8 Å². The van der Waals surface area contributed by atoms with Crippen LogP contribution in [0.1, 0.15) is 27.5 Å². The molecule has 0 saturated heterocycles. The van der Waals surface area contributed by atoms with Gasteiger partial charge in [0.1, 0.15) is 5.75 Å². The Labute approximate surface area is 136 Å². The summed E-state index contributed by atoms with van der Waals surface area (Å²) >= 11 is 0. The first-order valence-electron chi connectivity index (χ1n) is 7.31. The van der Waals surface area contributed by atoms with Crippen molar-refractivity contribution >= 4 is 6.29 Å². The minimum Gasteiger partial charge on any atom is -0.507 e. The molecule has 3 heteroatoms. The minimum absolute atomic E-state index is 0.0163. The molecule has 0 aromatic heterocycles. The van der Waals surface area contributed by atoms with Crippen LogP contribution in [0.2, 0.25) is 0 Å². The zero-order valence-electron chi connectivity index (χ0n) is 12.7. The Balaban J connectivity index is 0.000000185. The van der Waals surface area contributed by atoms with Crippen LogP contribution in [0.4, 0.5) is 0 Å². The van der Waals surface area contributed by atoms with Crippen molar-refractivity contribution in [3.8, 4) is 5.75 Å². The highest BCUT2D eigenvalue weighted by Crippen LogP contribution is 2.18. The van der Waals surface area contributed by atoms with Gasteiger partial charge in [0.15, 0.2) is 6.29 Å². The van der Waals surface area contributed by atoms with Crippen LogP contribution >= 0.6 is 0 Å². The Hall–Kier alpha value is -2.91. The van der Waals surface area contributed by atoms with Gasteiger partial charge in [0, 0.05) is 0 Å². The smallest absolute Gasteiger partial charge is 0.153 e. The lowest BCUT2D eigenvalue weighted by Crippen LogP contribution is -2.11. The summed E-state index contributed by atoms with van der Waals surface area (Å²) in [5.74, 6) is 0.0347. The average Bonchev–Trinajstić information content (AvgIpc) is 2.63. The third-order valence-corrected chi connectivity index (χ3v) is 3.38.